The van der Waals surface area contributed by atoms with Gasteiger partial charge in [-0.05, 0) is 61.2 Å². The first-order chi connectivity index (χ1) is 13.1. The van der Waals surface area contributed by atoms with Gasteiger partial charge in [-0.2, -0.15) is 0 Å². The molecule has 0 aliphatic carbocycles. The number of aryl methyl sites for hydroxylation is 1. The van der Waals surface area contributed by atoms with Crippen LogP contribution in [0.4, 0.5) is 0 Å². The van der Waals surface area contributed by atoms with Gasteiger partial charge in [0, 0.05) is 17.4 Å². The Morgan fingerprint density at radius 1 is 1.07 bits per heavy atom. The van der Waals surface area contributed by atoms with Crippen molar-refractivity contribution < 1.29 is 14.3 Å². The molecule has 5 heteroatoms. The normalized spacial score (nSPS) is 16.7. The highest BCUT2D eigenvalue weighted by molar-refractivity contribution is 6.01. The molecule has 2 heterocycles. The van der Waals surface area contributed by atoms with Crippen molar-refractivity contribution in [2.75, 3.05) is 20.8 Å². The van der Waals surface area contributed by atoms with Crippen LogP contribution in [-0.4, -0.2) is 36.6 Å². The molecule has 0 unspecified atom stereocenters. The van der Waals surface area contributed by atoms with Crippen molar-refractivity contribution in [1.82, 2.24) is 9.88 Å². The lowest BCUT2D eigenvalue weighted by Crippen LogP contribution is -2.31. The number of ether oxygens (including phenoxy) is 2. The molecule has 1 aliphatic rings. The molecule has 1 fully saturated rings. The van der Waals surface area contributed by atoms with Crippen molar-refractivity contribution in [2.24, 2.45) is 0 Å². The molecule has 0 radical (unpaired) electrons. The van der Waals surface area contributed by atoms with Gasteiger partial charge in [-0.1, -0.05) is 12.1 Å². The molecule has 4 rings (SSSR count). The van der Waals surface area contributed by atoms with Crippen LogP contribution in [-0.2, 0) is 0 Å². The summed E-state index contributed by atoms with van der Waals surface area (Å²) in [6.07, 6.45) is 1.99. The standard InChI is InChI=1S/C22H24N2O3/c1-14-18-13-17(27-3)10-11-19(18)23-21(14)22(25)24-12-4-5-20(24)15-6-8-16(26-2)9-7-15/h6-11,13,20,23H,4-5,12H2,1-3H3/t20-/m1/s1. The van der Waals surface area contributed by atoms with E-state index in [1.807, 2.05) is 42.2 Å². The van der Waals surface area contributed by atoms with Gasteiger partial charge in [-0.3, -0.25) is 4.79 Å². The van der Waals surface area contributed by atoms with Crippen LogP contribution >= 0.6 is 0 Å². The van der Waals surface area contributed by atoms with Crippen LogP contribution in [0.3, 0.4) is 0 Å². The van der Waals surface area contributed by atoms with Crippen molar-refractivity contribution >= 4 is 16.8 Å². The number of nitrogens with one attached hydrogen (secondary N) is 1. The van der Waals surface area contributed by atoms with Gasteiger partial charge < -0.3 is 19.4 Å². The average molecular weight is 364 g/mol. The van der Waals surface area contributed by atoms with E-state index in [-0.39, 0.29) is 11.9 Å². The molecule has 1 aromatic heterocycles. The zero-order valence-corrected chi connectivity index (χ0v) is 15.9. The molecule has 1 N–H and O–H groups in total. The zero-order chi connectivity index (χ0) is 19.0. The van der Waals surface area contributed by atoms with E-state index < -0.39 is 0 Å². The monoisotopic (exact) mass is 364 g/mol. The fraction of sp³-hybridized carbons (Fsp3) is 0.318. The number of H-pyrrole nitrogens is 1. The number of benzene rings is 2. The number of hydrogen-bond donors (Lipinski definition) is 1. The molecule has 1 atom stereocenters. The first kappa shape index (κ1) is 17.5. The van der Waals surface area contributed by atoms with E-state index in [2.05, 4.69) is 17.1 Å². The van der Waals surface area contributed by atoms with Crippen LogP contribution in [0, 0.1) is 6.92 Å². The lowest BCUT2D eigenvalue weighted by molar-refractivity contribution is 0.0730. The minimum absolute atomic E-state index is 0.0565. The molecule has 1 aliphatic heterocycles. The average Bonchev–Trinajstić information content (AvgIpc) is 3.32. The maximum atomic E-state index is 13.3. The Labute approximate surface area is 158 Å². The number of methoxy groups -OCH3 is 2. The van der Waals surface area contributed by atoms with Crippen LogP contribution in [0.5, 0.6) is 11.5 Å². The van der Waals surface area contributed by atoms with E-state index >= 15 is 0 Å². The van der Waals surface area contributed by atoms with Crippen LogP contribution in [0.2, 0.25) is 0 Å². The van der Waals surface area contributed by atoms with Gasteiger partial charge in [0.2, 0.25) is 0 Å². The largest absolute Gasteiger partial charge is 0.497 e. The quantitative estimate of drug-likeness (QED) is 0.743. The van der Waals surface area contributed by atoms with Crippen molar-refractivity contribution in [3.8, 4) is 11.5 Å². The minimum atomic E-state index is 0.0565. The SMILES string of the molecule is COc1ccc([C@H]2CCCN2C(=O)c2[nH]c3ccc(OC)cc3c2C)cc1. The molecule has 1 saturated heterocycles. The second-order valence-electron chi connectivity index (χ2n) is 6.97. The Balaban J connectivity index is 1.66. The number of nitrogens with zero attached hydrogens (tertiary/aromatic N) is 1. The van der Waals surface area contributed by atoms with E-state index in [9.17, 15) is 4.79 Å². The highest BCUT2D eigenvalue weighted by Gasteiger charge is 2.32. The Morgan fingerprint density at radius 2 is 1.78 bits per heavy atom. The number of aromatic nitrogens is 1. The molecular formula is C22H24N2O3. The van der Waals surface area contributed by atoms with Gasteiger partial charge in [0.1, 0.15) is 17.2 Å². The predicted octanol–water partition coefficient (Wildman–Crippen LogP) is 4.47. The smallest absolute Gasteiger partial charge is 0.271 e. The molecule has 2 aromatic carbocycles. The Morgan fingerprint density at radius 3 is 2.48 bits per heavy atom. The molecule has 0 spiro atoms. The molecule has 27 heavy (non-hydrogen) atoms. The summed E-state index contributed by atoms with van der Waals surface area (Å²) in [7, 11) is 3.31. The van der Waals surface area contributed by atoms with Crippen LogP contribution in [0.15, 0.2) is 42.5 Å². The van der Waals surface area contributed by atoms with E-state index in [1.54, 1.807) is 14.2 Å². The second kappa shape index (κ2) is 6.99. The van der Waals surface area contributed by atoms with E-state index in [1.165, 1.54) is 0 Å². The topological polar surface area (TPSA) is 54.6 Å². The Bertz CT molecular complexity index is 975. The van der Waals surface area contributed by atoms with Gasteiger partial charge in [-0.15, -0.1) is 0 Å². The minimum Gasteiger partial charge on any atom is -0.497 e. The number of amides is 1. The van der Waals surface area contributed by atoms with E-state index in [4.69, 9.17) is 9.47 Å². The fourth-order valence-electron chi connectivity index (χ4n) is 3.97. The summed E-state index contributed by atoms with van der Waals surface area (Å²) in [4.78, 5) is 18.6. The molecule has 0 bridgehead atoms. The maximum Gasteiger partial charge on any atom is 0.271 e. The maximum absolute atomic E-state index is 13.3. The molecule has 140 valence electrons. The zero-order valence-electron chi connectivity index (χ0n) is 15.9. The highest BCUT2D eigenvalue weighted by Crippen LogP contribution is 2.35. The van der Waals surface area contributed by atoms with Gasteiger partial charge in [-0.25, -0.2) is 0 Å². The van der Waals surface area contributed by atoms with Gasteiger partial charge in [0.05, 0.1) is 20.3 Å². The number of carbonyl (C=O) groups is 1. The number of fused-ring (bicyclic) bond motifs is 1. The van der Waals surface area contributed by atoms with E-state index in [0.717, 1.165) is 52.9 Å². The lowest BCUT2D eigenvalue weighted by Gasteiger charge is -2.25. The first-order valence-corrected chi connectivity index (χ1v) is 9.23. The van der Waals surface area contributed by atoms with E-state index in [0.29, 0.717) is 5.69 Å². The van der Waals surface area contributed by atoms with Crippen LogP contribution < -0.4 is 9.47 Å². The predicted molar refractivity (Wildman–Crippen MR) is 106 cm³/mol. The number of hydrogen-bond acceptors (Lipinski definition) is 3. The molecule has 0 saturated carbocycles. The summed E-state index contributed by atoms with van der Waals surface area (Å²) in [5, 5.41) is 1.03. The molecule has 3 aromatic rings. The van der Waals surface area contributed by atoms with Crippen molar-refractivity contribution in [3.05, 3.63) is 59.3 Å². The Hall–Kier alpha value is -2.95. The van der Waals surface area contributed by atoms with Crippen LogP contribution in [0.1, 0.15) is 40.5 Å². The van der Waals surface area contributed by atoms with Crippen molar-refractivity contribution in [1.29, 1.82) is 0 Å². The third kappa shape index (κ3) is 3.03. The van der Waals surface area contributed by atoms with Crippen molar-refractivity contribution in [2.45, 2.75) is 25.8 Å². The van der Waals surface area contributed by atoms with Crippen LogP contribution in [0.25, 0.3) is 10.9 Å². The summed E-state index contributed by atoms with van der Waals surface area (Å²) in [6.45, 7) is 2.76. The first-order valence-electron chi connectivity index (χ1n) is 9.23. The van der Waals surface area contributed by atoms with Gasteiger partial charge in [0.25, 0.3) is 5.91 Å². The van der Waals surface area contributed by atoms with Gasteiger partial charge in [0.15, 0.2) is 0 Å². The third-order valence-electron chi connectivity index (χ3n) is 5.49. The highest BCUT2D eigenvalue weighted by atomic mass is 16.5. The summed E-state index contributed by atoms with van der Waals surface area (Å²) in [5.74, 6) is 1.68. The molecule has 1 amide bonds. The van der Waals surface area contributed by atoms with Crippen molar-refractivity contribution in [3.63, 3.8) is 0 Å². The Kier molecular flexibility index (Phi) is 4.52. The fourth-order valence-corrected chi connectivity index (χ4v) is 3.97. The number of rotatable bonds is 4. The summed E-state index contributed by atoms with van der Waals surface area (Å²) in [6, 6.07) is 14.0. The summed E-state index contributed by atoms with van der Waals surface area (Å²) < 4.78 is 10.6. The lowest BCUT2D eigenvalue weighted by atomic mass is 10.0. The summed E-state index contributed by atoms with van der Waals surface area (Å²) in [5.41, 5.74) is 3.74. The summed E-state index contributed by atoms with van der Waals surface area (Å²) >= 11 is 0. The molecule has 5 nitrogen and oxygen atoms in total. The number of aromatic amines is 1. The number of likely N-dealkylation sites (tertiary alicyclic amines) is 1. The molecular weight excluding hydrogens is 340 g/mol. The number of carbonyl (C=O) groups excluding carboxylic acids is 1. The third-order valence-corrected chi connectivity index (χ3v) is 5.49. The second-order valence-corrected chi connectivity index (χ2v) is 6.97. The van der Waals surface area contributed by atoms with Gasteiger partial charge >= 0.3 is 0 Å².